The lowest BCUT2D eigenvalue weighted by atomic mass is 10.0. The minimum atomic E-state index is -0.871. The molecule has 0 bridgehead atoms. The molecule has 2 amide bonds. The van der Waals surface area contributed by atoms with Crippen LogP contribution >= 0.6 is 0 Å². The summed E-state index contributed by atoms with van der Waals surface area (Å²) >= 11 is 0. The van der Waals surface area contributed by atoms with Gasteiger partial charge in [0, 0.05) is 43.3 Å². The maximum atomic E-state index is 14.7. The highest BCUT2D eigenvalue weighted by molar-refractivity contribution is 5.88. The lowest BCUT2D eigenvalue weighted by molar-refractivity contribution is -0.142. The molecule has 1 atom stereocenters. The molecule has 3 aromatic carbocycles. The van der Waals surface area contributed by atoms with E-state index in [2.05, 4.69) is 5.32 Å². The highest BCUT2D eigenvalue weighted by Crippen LogP contribution is 2.27. The number of nitrogens with one attached hydrogen (secondary N) is 1. The van der Waals surface area contributed by atoms with Gasteiger partial charge in [-0.25, -0.2) is 4.39 Å². The van der Waals surface area contributed by atoms with Crippen LogP contribution in [-0.4, -0.2) is 50.1 Å². The summed E-state index contributed by atoms with van der Waals surface area (Å²) in [5.74, 6) is 0.178. The van der Waals surface area contributed by atoms with E-state index in [0.717, 1.165) is 18.4 Å². The first kappa shape index (κ1) is 28.5. The summed E-state index contributed by atoms with van der Waals surface area (Å²) in [6.45, 7) is 2.07. The maximum absolute atomic E-state index is 14.7. The Morgan fingerprint density at radius 1 is 0.921 bits per heavy atom. The van der Waals surface area contributed by atoms with Crippen molar-refractivity contribution in [1.29, 1.82) is 0 Å². The zero-order valence-electron chi connectivity index (χ0n) is 22.1. The quantitative estimate of drug-likeness (QED) is 0.309. The van der Waals surface area contributed by atoms with Crippen LogP contribution in [0, 0.1) is 5.82 Å². The monoisotopic (exact) mass is 522 g/mol. The summed E-state index contributed by atoms with van der Waals surface area (Å²) in [4.78, 5) is 28.4. The fourth-order valence-electron chi connectivity index (χ4n) is 3.96. The summed E-state index contributed by atoms with van der Waals surface area (Å²) in [6.07, 6.45) is 2.00. The third kappa shape index (κ3) is 8.23. The van der Waals surface area contributed by atoms with E-state index in [1.165, 1.54) is 25.2 Å². The molecular weight excluding hydrogens is 487 g/mol. The maximum Gasteiger partial charge on any atom is 0.261 e. The van der Waals surface area contributed by atoms with Gasteiger partial charge in [-0.1, -0.05) is 61.9 Å². The van der Waals surface area contributed by atoms with Gasteiger partial charge in [0.15, 0.2) is 6.61 Å². The Bertz CT molecular complexity index is 1170. The van der Waals surface area contributed by atoms with Crippen LogP contribution in [-0.2, 0) is 22.6 Å². The normalized spacial score (nSPS) is 11.4. The van der Waals surface area contributed by atoms with E-state index in [9.17, 15) is 14.0 Å². The number of carbonyl (C=O) groups is 2. The number of rotatable bonds is 14. The van der Waals surface area contributed by atoms with E-state index >= 15 is 0 Å². The van der Waals surface area contributed by atoms with Crippen molar-refractivity contribution < 1.29 is 28.2 Å². The first-order valence-electron chi connectivity index (χ1n) is 12.7. The van der Waals surface area contributed by atoms with Gasteiger partial charge in [-0.3, -0.25) is 9.59 Å². The molecule has 0 aliphatic carbocycles. The molecule has 38 heavy (non-hydrogen) atoms. The highest BCUT2D eigenvalue weighted by atomic mass is 19.1. The Labute approximate surface area is 223 Å². The average molecular weight is 523 g/mol. The molecule has 202 valence electrons. The Morgan fingerprint density at radius 3 is 2.18 bits per heavy atom. The van der Waals surface area contributed by atoms with Crippen molar-refractivity contribution in [3.63, 3.8) is 0 Å². The highest BCUT2D eigenvalue weighted by Gasteiger charge is 2.31. The summed E-state index contributed by atoms with van der Waals surface area (Å²) < 4.78 is 31.0. The first-order chi connectivity index (χ1) is 18.4. The lowest BCUT2D eigenvalue weighted by Crippen LogP contribution is -2.52. The molecule has 0 aliphatic heterocycles. The van der Waals surface area contributed by atoms with E-state index in [4.69, 9.17) is 14.2 Å². The molecule has 0 saturated heterocycles. The second-order valence-corrected chi connectivity index (χ2v) is 8.80. The molecule has 3 aromatic rings. The molecule has 3 rings (SSSR count). The van der Waals surface area contributed by atoms with Crippen LogP contribution in [0.15, 0.2) is 72.8 Å². The zero-order valence-corrected chi connectivity index (χ0v) is 22.1. The van der Waals surface area contributed by atoms with Crippen molar-refractivity contribution in [2.45, 2.75) is 38.8 Å². The van der Waals surface area contributed by atoms with Crippen molar-refractivity contribution >= 4 is 11.8 Å². The van der Waals surface area contributed by atoms with E-state index in [1.807, 2.05) is 37.3 Å². The van der Waals surface area contributed by atoms with Gasteiger partial charge in [0.2, 0.25) is 5.91 Å². The fourth-order valence-corrected chi connectivity index (χ4v) is 3.96. The third-order valence-corrected chi connectivity index (χ3v) is 6.09. The topological polar surface area (TPSA) is 77.1 Å². The van der Waals surface area contributed by atoms with Gasteiger partial charge in [-0.05, 0) is 18.1 Å². The Kier molecular flexibility index (Phi) is 11.0. The second kappa shape index (κ2) is 14.6. The molecule has 0 fully saturated rings. The number of methoxy groups -OCH3 is 2. The first-order valence-corrected chi connectivity index (χ1v) is 12.7. The number of ether oxygens (including phenoxy) is 3. The molecule has 0 unspecified atom stereocenters. The largest absolute Gasteiger partial charge is 0.496 e. The molecule has 0 spiro atoms. The third-order valence-electron chi connectivity index (χ3n) is 6.09. The number of nitrogens with zero attached hydrogens (tertiary/aromatic N) is 1. The second-order valence-electron chi connectivity index (χ2n) is 8.80. The van der Waals surface area contributed by atoms with Crippen LogP contribution in [0.3, 0.4) is 0 Å². The minimum Gasteiger partial charge on any atom is -0.496 e. The van der Waals surface area contributed by atoms with Crippen LogP contribution in [0.25, 0.3) is 0 Å². The van der Waals surface area contributed by atoms with Gasteiger partial charge in [0.05, 0.1) is 14.2 Å². The molecule has 1 N–H and O–H groups in total. The van der Waals surface area contributed by atoms with E-state index < -0.39 is 17.8 Å². The summed E-state index contributed by atoms with van der Waals surface area (Å²) in [6, 6.07) is 19.8. The number of hydrogen-bond donors (Lipinski definition) is 1. The molecule has 0 heterocycles. The van der Waals surface area contributed by atoms with E-state index in [1.54, 1.807) is 36.4 Å². The smallest absolute Gasteiger partial charge is 0.261 e. The molecule has 8 heteroatoms. The van der Waals surface area contributed by atoms with Crippen molar-refractivity contribution in [2.24, 2.45) is 0 Å². The fraction of sp³-hybridized carbons (Fsp3) is 0.333. The minimum absolute atomic E-state index is 0.0883. The molecule has 0 aliphatic rings. The molecular formula is C30H35FN2O5. The van der Waals surface area contributed by atoms with Crippen molar-refractivity contribution in [3.8, 4) is 17.2 Å². The number of amides is 2. The van der Waals surface area contributed by atoms with Crippen LogP contribution in [0.5, 0.6) is 17.2 Å². The number of halogens is 1. The van der Waals surface area contributed by atoms with Crippen molar-refractivity contribution in [2.75, 3.05) is 27.4 Å². The number of carbonyl (C=O) groups excluding carboxylic acids is 2. The predicted octanol–water partition coefficient (Wildman–Crippen LogP) is 4.78. The number of hydrogen-bond acceptors (Lipinski definition) is 5. The summed E-state index contributed by atoms with van der Waals surface area (Å²) in [5, 5.41) is 2.94. The molecule has 0 saturated carbocycles. The van der Waals surface area contributed by atoms with Crippen molar-refractivity contribution in [1.82, 2.24) is 10.2 Å². The Hall–Kier alpha value is -4.07. The number of unbranched alkanes of at least 4 members (excludes halogenated alkanes) is 1. The van der Waals surface area contributed by atoms with E-state index in [-0.39, 0.29) is 25.5 Å². The van der Waals surface area contributed by atoms with Crippen molar-refractivity contribution in [3.05, 3.63) is 89.7 Å². The standard InChI is InChI=1S/C30H35FN2O5/c1-4-5-15-32-30(35)28(16-22-11-7-6-8-12-22)33(20-23-13-9-10-14-27(23)31)29(34)21-38-26-18-24(36-2)17-25(19-26)37-3/h6-14,17-19,28H,4-5,15-16,20-21H2,1-3H3,(H,32,35)/t28-/m1/s1. The van der Waals surface area contributed by atoms with Crippen LogP contribution < -0.4 is 19.5 Å². The van der Waals surface area contributed by atoms with E-state index in [0.29, 0.717) is 29.4 Å². The van der Waals surface area contributed by atoms with Crippen LogP contribution in [0.4, 0.5) is 4.39 Å². The average Bonchev–Trinajstić information content (AvgIpc) is 2.94. The van der Waals surface area contributed by atoms with Crippen LogP contribution in [0.1, 0.15) is 30.9 Å². The van der Waals surface area contributed by atoms with Gasteiger partial charge in [-0.2, -0.15) is 0 Å². The van der Waals surface area contributed by atoms with Crippen LogP contribution in [0.2, 0.25) is 0 Å². The van der Waals surface area contributed by atoms with Gasteiger partial charge in [0.25, 0.3) is 5.91 Å². The van der Waals surface area contributed by atoms with Gasteiger partial charge in [0.1, 0.15) is 29.1 Å². The zero-order chi connectivity index (χ0) is 27.3. The Balaban J connectivity index is 1.91. The van der Waals surface area contributed by atoms with Gasteiger partial charge >= 0.3 is 0 Å². The summed E-state index contributed by atoms with van der Waals surface area (Å²) in [7, 11) is 3.04. The molecule has 0 radical (unpaired) electrons. The lowest BCUT2D eigenvalue weighted by Gasteiger charge is -2.31. The predicted molar refractivity (Wildman–Crippen MR) is 144 cm³/mol. The SMILES string of the molecule is CCCCNC(=O)[C@@H](Cc1ccccc1)N(Cc1ccccc1F)C(=O)COc1cc(OC)cc(OC)c1. The summed E-state index contributed by atoms with van der Waals surface area (Å²) in [5.41, 5.74) is 1.19. The molecule has 7 nitrogen and oxygen atoms in total. The van der Waals surface area contributed by atoms with Gasteiger partial charge in [-0.15, -0.1) is 0 Å². The number of benzene rings is 3. The Morgan fingerprint density at radius 2 is 1.55 bits per heavy atom. The van der Waals surface area contributed by atoms with Gasteiger partial charge < -0.3 is 24.4 Å². The molecule has 0 aromatic heterocycles.